The fraction of sp³-hybridized carbons (Fsp3) is 0.400. The van der Waals surface area contributed by atoms with Crippen molar-refractivity contribution in [2.24, 2.45) is 0 Å². The number of hydrogen-bond acceptors (Lipinski definition) is 2. The topological polar surface area (TPSA) is 49.0 Å². The first kappa shape index (κ1) is 12.7. The van der Waals surface area contributed by atoms with Crippen LogP contribution < -0.4 is 0 Å². The first-order chi connectivity index (χ1) is 9.19. The van der Waals surface area contributed by atoms with Gasteiger partial charge in [-0.3, -0.25) is 0 Å². The first-order valence-corrected chi connectivity index (χ1v) is 7.36. The molecule has 4 heteroatoms. The molecular formula is C15H15BrN2O. The van der Waals surface area contributed by atoms with Gasteiger partial charge in [-0.25, -0.2) is 0 Å². The number of halogens is 1. The van der Waals surface area contributed by atoms with E-state index in [1.165, 1.54) is 0 Å². The van der Waals surface area contributed by atoms with Crippen LogP contribution in [0, 0.1) is 11.3 Å². The molecule has 98 valence electrons. The number of fused-ring (bicyclic) bond motifs is 1. The highest BCUT2D eigenvalue weighted by Gasteiger charge is 2.22. The summed E-state index contributed by atoms with van der Waals surface area (Å²) in [5.74, 6) is 0. The minimum Gasteiger partial charge on any atom is -0.393 e. The third kappa shape index (κ3) is 2.29. The van der Waals surface area contributed by atoms with Crippen molar-refractivity contribution in [2.45, 2.75) is 37.8 Å². The molecule has 0 amide bonds. The fourth-order valence-corrected chi connectivity index (χ4v) is 3.46. The first-order valence-electron chi connectivity index (χ1n) is 6.57. The Morgan fingerprint density at radius 2 is 2.00 bits per heavy atom. The minimum atomic E-state index is -0.133. The van der Waals surface area contributed by atoms with Gasteiger partial charge in [0.05, 0.1) is 17.7 Å². The summed E-state index contributed by atoms with van der Waals surface area (Å²) in [6, 6.07) is 8.43. The Morgan fingerprint density at radius 3 is 2.68 bits per heavy atom. The highest BCUT2D eigenvalue weighted by Crippen LogP contribution is 2.35. The third-order valence-corrected chi connectivity index (χ3v) is 4.61. The third-order valence-electron chi connectivity index (χ3n) is 3.97. The van der Waals surface area contributed by atoms with E-state index in [2.05, 4.69) is 32.8 Å². The summed E-state index contributed by atoms with van der Waals surface area (Å²) >= 11 is 3.58. The maximum Gasteiger partial charge on any atom is 0.0991 e. The van der Waals surface area contributed by atoms with Crippen molar-refractivity contribution in [1.82, 2.24) is 4.57 Å². The lowest BCUT2D eigenvalue weighted by molar-refractivity contribution is 0.111. The van der Waals surface area contributed by atoms with Gasteiger partial charge in [0.15, 0.2) is 0 Å². The van der Waals surface area contributed by atoms with Gasteiger partial charge in [0.25, 0.3) is 0 Å². The normalized spacial score (nSPS) is 23.4. The van der Waals surface area contributed by atoms with Crippen LogP contribution in [0.1, 0.15) is 37.3 Å². The van der Waals surface area contributed by atoms with E-state index in [1.807, 2.05) is 18.2 Å². The predicted molar refractivity (Wildman–Crippen MR) is 77.9 cm³/mol. The summed E-state index contributed by atoms with van der Waals surface area (Å²) in [6.07, 6.45) is 5.74. The Kier molecular flexibility index (Phi) is 3.34. The number of rotatable bonds is 1. The molecule has 3 rings (SSSR count). The SMILES string of the molecule is N#Cc1ccc2c(c1)c(Br)cn2C1CCC(O)CC1. The van der Waals surface area contributed by atoms with Gasteiger partial charge in [-0.15, -0.1) is 0 Å². The molecule has 1 saturated carbocycles. The van der Waals surface area contributed by atoms with Crippen LogP contribution in [0.3, 0.4) is 0 Å². The minimum absolute atomic E-state index is 0.133. The zero-order chi connectivity index (χ0) is 13.4. The van der Waals surface area contributed by atoms with Crippen molar-refractivity contribution in [3.63, 3.8) is 0 Å². The lowest BCUT2D eigenvalue weighted by Gasteiger charge is -2.27. The number of nitrogens with zero attached hydrogens (tertiary/aromatic N) is 2. The summed E-state index contributed by atoms with van der Waals surface area (Å²) < 4.78 is 3.32. The highest BCUT2D eigenvalue weighted by atomic mass is 79.9. The molecule has 0 atom stereocenters. The lowest BCUT2D eigenvalue weighted by Crippen LogP contribution is -2.20. The summed E-state index contributed by atoms with van der Waals surface area (Å²) in [6.45, 7) is 0. The smallest absolute Gasteiger partial charge is 0.0991 e. The number of aliphatic hydroxyl groups excluding tert-OH is 1. The molecule has 1 aliphatic carbocycles. The van der Waals surface area contributed by atoms with Crippen LogP contribution in [-0.4, -0.2) is 15.8 Å². The van der Waals surface area contributed by atoms with E-state index in [1.54, 1.807) is 0 Å². The summed E-state index contributed by atoms with van der Waals surface area (Å²) in [5.41, 5.74) is 1.84. The van der Waals surface area contributed by atoms with E-state index in [-0.39, 0.29) is 6.10 Å². The molecule has 1 heterocycles. The van der Waals surface area contributed by atoms with Crippen LogP contribution >= 0.6 is 15.9 Å². The molecule has 0 radical (unpaired) electrons. The Morgan fingerprint density at radius 1 is 1.26 bits per heavy atom. The average molecular weight is 319 g/mol. The second-order valence-corrected chi connectivity index (χ2v) is 6.04. The quantitative estimate of drug-likeness (QED) is 0.870. The standard InChI is InChI=1S/C15H15BrN2O/c16-14-9-18(11-2-4-12(19)5-3-11)15-6-1-10(8-17)7-13(14)15/h1,6-7,9,11-12,19H,2-5H2. The molecule has 0 unspecified atom stereocenters. The molecule has 2 aromatic rings. The Hall–Kier alpha value is -1.31. The van der Waals surface area contributed by atoms with Crippen molar-refractivity contribution >= 4 is 26.8 Å². The molecule has 1 aliphatic rings. The number of hydrogen-bond donors (Lipinski definition) is 1. The van der Waals surface area contributed by atoms with Crippen molar-refractivity contribution in [1.29, 1.82) is 5.26 Å². The average Bonchev–Trinajstić information content (AvgIpc) is 2.76. The van der Waals surface area contributed by atoms with Gasteiger partial charge in [-0.1, -0.05) is 0 Å². The van der Waals surface area contributed by atoms with Crippen molar-refractivity contribution in [3.05, 3.63) is 34.4 Å². The monoisotopic (exact) mass is 318 g/mol. The number of benzene rings is 1. The Labute approximate surface area is 120 Å². The summed E-state index contributed by atoms with van der Waals surface area (Å²) in [7, 11) is 0. The van der Waals surface area contributed by atoms with Gasteiger partial charge >= 0.3 is 0 Å². The van der Waals surface area contributed by atoms with Crippen LogP contribution in [0.5, 0.6) is 0 Å². The maximum atomic E-state index is 9.61. The van der Waals surface area contributed by atoms with Crippen molar-refractivity contribution in [2.75, 3.05) is 0 Å². The van der Waals surface area contributed by atoms with Gasteiger partial charge in [-0.05, 0) is 59.8 Å². The van der Waals surface area contributed by atoms with Gasteiger partial charge in [-0.2, -0.15) is 5.26 Å². The highest BCUT2D eigenvalue weighted by molar-refractivity contribution is 9.10. The molecule has 1 N–H and O–H groups in total. The van der Waals surface area contributed by atoms with E-state index in [0.717, 1.165) is 41.1 Å². The van der Waals surface area contributed by atoms with Crippen molar-refractivity contribution < 1.29 is 5.11 Å². The molecule has 0 spiro atoms. The maximum absolute atomic E-state index is 9.61. The molecule has 1 fully saturated rings. The number of aliphatic hydroxyl groups is 1. The molecule has 0 saturated heterocycles. The predicted octanol–water partition coefficient (Wildman–Crippen LogP) is 3.75. The summed E-state index contributed by atoms with van der Waals surface area (Å²) in [5, 5.41) is 19.7. The zero-order valence-corrected chi connectivity index (χ0v) is 12.1. The van der Waals surface area contributed by atoms with E-state index < -0.39 is 0 Å². The van der Waals surface area contributed by atoms with Crippen LogP contribution in [0.2, 0.25) is 0 Å². The van der Waals surface area contributed by atoms with E-state index >= 15 is 0 Å². The molecular weight excluding hydrogens is 304 g/mol. The van der Waals surface area contributed by atoms with E-state index in [9.17, 15) is 5.11 Å². The molecule has 0 bridgehead atoms. The Balaban J connectivity index is 2.03. The number of aromatic nitrogens is 1. The Bertz CT molecular complexity index is 648. The second-order valence-electron chi connectivity index (χ2n) is 5.19. The van der Waals surface area contributed by atoms with Gasteiger partial charge in [0, 0.05) is 27.6 Å². The molecule has 1 aromatic carbocycles. The van der Waals surface area contributed by atoms with E-state index in [0.29, 0.717) is 11.6 Å². The summed E-state index contributed by atoms with van der Waals surface area (Å²) in [4.78, 5) is 0. The number of nitriles is 1. The molecule has 0 aliphatic heterocycles. The molecule has 1 aromatic heterocycles. The van der Waals surface area contributed by atoms with Gasteiger partial charge in [0.1, 0.15) is 0 Å². The second kappa shape index (κ2) is 4.99. The largest absolute Gasteiger partial charge is 0.393 e. The zero-order valence-electron chi connectivity index (χ0n) is 10.5. The van der Waals surface area contributed by atoms with E-state index in [4.69, 9.17) is 5.26 Å². The van der Waals surface area contributed by atoms with Crippen LogP contribution in [-0.2, 0) is 0 Å². The van der Waals surface area contributed by atoms with Gasteiger partial charge in [0.2, 0.25) is 0 Å². The fourth-order valence-electron chi connectivity index (χ4n) is 2.92. The molecule has 19 heavy (non-hydrogen) atoms. The van der Waals surface area contributed by atoms with Crippen LogP contribution in [0.25, 0.3) is 10.9 Å². The van der Waals surface area contributed by atoms with Crippen LogP contribution in [0.4, 0.5) is 0 Å². The van der Waals surface area contributed by atoms with Crippen LogP contribution in [0.15, 0.2) is 28.9 Å². The van der Waals surface area contributed by atoms with Gasteiger partial charge < -0.3 is 9.67 Å². The molecule has 3 nitrogen and oxygen atoms in total. The lowest BCUT2D eigenvalue weighted by atomic mass is 9.93. The van der Waals surface area contributed by atoms with Crippen molar-refractivity contribution in [3.8, 4) is 6.07 Å².